The van der Waals surface area contributed by atoms with Crippen molar-refractivity contribution in [2.75, 3.05) is 113 Å². The van der Waals surface area contributed by atoms with Gasteiger partial charge in [-0.05, 0) is 34.9 Å². The van der Waals surface area contributed by atoms with E-state index in [-0.39, 0.29) is 19.3 Å². The van der Waals surface area contributed by atoms with Crippen LogP contribution < -0.4 is 0 Å². The van der Waals surface area contributed by atoms with Crippen LogP contribution in [0.15, 0.2) is 0 Å². The molecule has 35 heavy (non-hydrogen) atoms. The average Bonchev–Trinajstić information content (AvgIpc) is 2.72. The van der Waals surface area contributed by atoms with E-state index in [4.69, 9.17) is 28.4 Å². The highest BCUT2D eigenvalue weighted by Gasteiger charge is 2.21. The minimum Gasteiger partial charge on any atom is -0.444 e. The largest absolute Gasteiger partial charge is 0.444 e. The fourth-order valence-electron chi connectivity index (χ4n) is 2.34. The van der Waals surface area contributed by atoms with Gasteiger partial charge in [-0.15, -0.1) is 0 Å². The molecule has 0 aliphatic heterocycles. The van der Waals surface area contributed by atoms with Gasteiger partial charge in [-0.25, -0.2) is 4.79 Å². The molecule has 0 saturated carbocycles. The zero-order valence-corrected chi connectivity index (χ0v) is 23.1. The van der Waals surface area contributed by atoms with Crippen molar-refractivity contribution in [2.24, 2.45) is 0 Å². The Hall–Kier alpha value is -1.06. The fourth-order valence-corrected chi connectivity index (χ4v) is 2.71. The van der Waals surface area contributed by atoms with Gasteiger partial charge in [-0.1, -0.05) is 0 Å². The molecule has 0 saturated heterocycles. The third-order valence-corrected chi connectivity index (χ3v) is 4.58. The van der Waals surface area contributed by atoms with Crippen LogP contribution in [0.5, 0.6) is 0 Å². The summed E-state index contributed by atoms with van der Waals surface area (Å²) in [5.41, 5.74) is -0.538. The maximum atomic E-state index is 12.4. The Morgan fingerprint density at radius 1 is 0.657 bits per heavy atom. The van der Waals surface area contributed by atoms with Gasteiger partial charge in [0.25, 0.3) is 10.1 Å². The molecule has 0 aliphatic carbocycles. The van der Waals surface area contributed by atoms with Crippen molar-refractivity contribution >= 4 is 16.2 Å². The number of carbonyl (C=O) groups excluding carboxylic acids is 1. The van der Waals surface area contributed by atoms with Gasteiger partial charge in [0.2, 0.25) is 0 Å². The number of nitrogens with zero attached hydrogens (tertiary/aromatic N) is 2. The number of ether oxygens (including phenoxy) is 6. The monoisotopic (exact) mass is 530 g/mol. The number of rotatable bonds is 22. The lowest BCUT2D eigenvalue weighted by Gasteiger charge is -2.28. The van der Waals surface area contributed by atoms with Crippen LogP contribution in [0, 0.1) is 0 Å². The predicted molar refractivity (Wildman–Crippen MR) is 131 cm³/mol. The van der Waals surface area contributed by atoms with Gasteiger partial charge < -0.3 is 38.2 Å². The molecule has 0 heterocycles. The van der Waals surface area contributed by atoms with Crippen LogP contribution in [0.4, 0.5) is 4.79 Å². The van der Waals surface area contributed by atoms with Gasteiger partial charge in [0.05, 0.1) is 78.9 Å². The van der Waals surface area contributed by atoms with E-state index in [0.717, 1.165) is 12.8 Å². The highest BCUT2D eigenvalue weighted by molar-refractivity contribution is 7.85. The van der Waals surface area contributed by atoms with Gasteiger partial charge in [0, 0.05) is 19.6 Å². The molecular formula is C22H46N2O10S. The molecule has 0 aliphatic rings. The van der Waals surface area contributed by atoms with E-state index in [9.17, 15) is 13.2 Å². The second-order valence-corrected chi connectivity index (χ2v) is 10.5. The summed E-state index contributed by atoms with van der Waals surface area (Å²) in [4.78, 5) is 16.0. The van der Waals surface area contributed by atoms with E-state index in [0.29, 0.717) is 72.6 Å². The highest BCUT2D eigenvalue weighted by atomic mass is 32.2. The van der Waals surface area contributed by atoms with E-state index in [1.54, 1.807) is 4.90 Å². The average molecular weight is 531 g/mol. The Balaban J connectivity index is 3.58. The third kappa shape index (κ3) is 25.8. The van der Waals surface area contributed by atoms with Gasteiger partial charge in [0.1, 0.15) is 5.60 Å². The normalized spacial score (nSPS) is 12.3. The Morgan fingerprint density at radius 2 is 1.06 bits per heavy atom. The molecule has 0 fully saturated rings. The number of carbonyl (C=O) groups is 1. The summed E-state index contributed by atoms with van der Waals surface area (Å²) in [6, 6.07) is 0. The Kier molecular flexibility index (Phi) is 19.4. The van der Waals surface area contributed by atoms with Crippen LogP contribution in [0.1, 0.15) is 20.8 Å². The Morgan fingerprint density at radius 3 is 1.43 bits per heavy atom. The second-order valence-electron chi connectivity index (χ2n) is 8.86. The first-order valence-corrected chi connectivity index (χ1v) is 13.6. The number of hydrogen-bond acceptors (Lipinski definition) is 11. The molecule has 13 heteroatoms. The molecule has 0 bridgehead atoms. The van der Waals surface area contributed by atoms with Gasteiger partial charge in [-0.3, -0.25) is 4.18 Å². The predicted octanol–water partition coefficient (Wildman–Crippen LogP) is 0.844. The molecule has 0 aromatic rings. The van der Waals surface area contributed by atoms with Crippen LogP contribution in [0.2, 0.25) is 0 Å². The first-order valence-electron chi connectivity index (χ1n) is 11.8. The highest BCUT2D eigenvalue weighted by Crippen LogP contribution is 2.10. The van der Waals surface area contributed by atoms with Gasteiger partial charge in [-0.2, -0.15) is 8.42 Å². The van der Waals surface area contributed by atoms with Crippen LogP contribution >= 0.6 is 0 Å². The quantitative estimate of drug-likeness (QED) is 0.146. The summed E-state index contributed by atoms with van der Waals surface area (Å²) in [5.74, 6) is 0. The molecule has 0 atom stereocenters. The van der Waals surface area contributed by atoms with Gasteiger partial charge in [0.15, 0.2) is 0 Å². The number of likely N-dealkylation sites (N-methyl/N-ethyl adjacent to an activating group) is 1. The van der Waals surface area contributed by atoms with Crippen LogP contribution in [0.25, 0.3) is 0 Å². The number of amides is 1. The minimum atomic E-state index is -3.42. The summed E-state index contributed by atoms with van der Waals surface area (Å²) < 4.78 is 58.5. The third-order valence-electron chi connectivity index (χ3n) is 3.99. The molecule has 0 aromatic heterocycles. The summed E-state index contributed by atoms with van der Waals surface area (Å²) in [6.07, 6.45) is 0.652. The lowest BCUT2D eigenvalue weighted by Crippen LogP contribution is -2.42. The van der Waals surface area contributed by atoms with Crippen molar-refractivity contribution in [2.45, 2.75) is 26.4 Å². The molecular weight excluding hydrogens is 484 g/mol. The van der Waals surface area contributed by atoms with Crippen molar-refractivity contribution in [1.29, 1.82) is 0 Å². The first kappa shape index (κ1) is 33.9. The molecule has 0 N–H and O–H groups in total. The molecule has 0 unspecified atom stereocenters. The SMILES string of the molecule is CN(C)CCN(CCOCCOCCOCCOCCOCCOS(C)(=O)=O)C(=O)OC(C)(C)C. The second kappa shape index (κ2) is 20.0. The van der Waals surface area contributed by atoms with Crippen LogP contribution in [-0.4, -0.2) is 143 Å². The van der Waals surface area contributed by atoms with Crippen molar-refractivity contribution in [1.82, 2.24) is 9.80 Å². The molecule has 1 amide bonds. The van der Waals surface area contributed by atoms with Crippen LogP contribution in [0.3, 0.4) is 0 Å². The summed E-state index contributed by atoms with van der Waals surface area (Å²) >= 11 is 0. The number of hydrogen-bond donors (Lipinski definition) is 0. The molecule has 0 aromatic carbocycles. The van der Waals surface area contributed by atoms with Gasteiger partial charge >= 0.3 is 6.09 Å². The summed E-state index contributed by atoms with van der Waals surface area (Å²) in [5, 5.41) is 0. The molecule has 0 rings (SSSR count). The van der Waals surface area contributed by atoms with E-state index < -0.39 is 15.7 Å². The van der Waals surface area contributed by atoms with Crippen molar-refractivity contribution < 1.29 is 45.8 Å². The fraction of sp³-hybridized carbons (Fsp3) is 0.955. The lowest BCUT2D eigenvalue weighted by molar-refractivity contribution is -0.0150. The van der Waals surface area contributed by atoms with Crippen molar-refractivity contribution in [3.63, 3.8) is 0 Å². The Bertz CT molecular complexity index is 626. The molecule has 0 radical (unpaired) electrons. The zero-order chi connectivity index (χ0) is 26.6. The Labute approximate surface area is 211 Å². The zero-order valence-electron chi connectivity index (χ0n) is 22.3. The van der Waals surface area contributed by atoms with E-state index in [1.165, 1.54) is 0 Å². The maximum absolute atomic E-state index is 12.4. The maximum Gasteiger partial charge on any atom is 0.410 e. The minimum absolute atomic E-state index is 0.00567. The lowest BCUT2D eigenvalue weighted by atomic mass is 10.2. The molecule has 12 nitrogen and oxygen atoms in total. The van der Waals surface area contributed by atoms with E-state index >= 15 is 0 Å². The molecule has 210 valence electrons. The molecule has 0 spiro atoms. The van der Waals surface area contributed by atoms with E-state index in [2.05, 4.69) is 4.18 Å². The van der Waals surface area contributed by atoms with Crippen LogP contribution in [-0.2, 0) is 42.7 Å². The summed E-state index contributed by atoms with van der Waals surface area (Å²) in [6.45, 7) is 11.2. The topological polar surface area (TPSA) is 122 Å². The summed E-state index contributed by atoms with van der Waals surface area (Å²) in [7, 11) is 0.489. The standard InChI is InChI=1S/C22H46N2O10S/c1-22(2,3)34-21(25)24(8-7-23(4)5)9-10-28-11-12-29-13-14-30-15-16-31-17-18-32-19-20-33-35(6,26)27/h7-20H2,1-6H3. The first-order chi connectivity index (χ1) is 16.4. The van der Waals surface area contributed by atoms with Crippen molar-refractivity contribution in [3.05, 3.63) is 0 Å². The van der Waals surface area contributed by atoms with Crippen molar-refractivity contribution in [3.8, 4) is 0 Å². The van der Waals surface area contributed by atoms with E-state index in [1.807, 2.05) is 39.8 Å². The smallest absolute Gasteiger partial charge is 0.410 e.